The predicted octanol–water partition coefficient (Wildman–Crippen LogP) is 2.74. The molecule has 0 saturated heterocycles. The van der Waals surface area contributed by atoms with Crippen LogP contribution in [-0.4, -0.2) is 25.9 Å². The smallest absolute Gasteiger partial charge is 0.262 e. The minimum absolute atomic E-state index is 0.160. The molecule has 1 aliphatic heterocycles. The van der Waals surface area contributed by atoms with Gasteiger partial charge in [-0.3, -0.25) is 14.0 Å². The highest BCUT2D eigenvalue weighted by Crippen LogP contribution is 2.30. The maximum absolute atomic E-state index is 14.4. The molecule has 1 N–H and O–H groups in total. The number of rotatable bonds is 5. The zero-order chi connectivity index (χ0) is 19.7. The molecule has 0 saturated carbocycles. The summed E-state index contributed by atoms with van der Waals surface area (Å²) in [6, 6.07) is 3.10. The van der Waals surface area contributed by atoms with Crippen molar-refractivity contribution in [2.75, 3.05) is 11.9 Å². The largest absolute Gasteiger partial charge is 0.493 e. The topological polar surface area (TPSA) is 74.0 Å². The Balaban J connectivity index is 1.65. The maximum atomic E-state index is 14.4. The molecule has 146 valence electrons. The number of anilines is 1. The van der Waals surface area contributed by atoms with Gasteiger partial charge in [-0.05, 0) is 31.9 Å². The van der Waals surface area contributed by atoms with Crippen LogP contribution < -0.4 is 15.6 Å². The van der Waals surface area contributed by atoms with Gasteiger partial charge in [0, 0.05) is 49.2 Å². The van der Waals surface area contributed by atoms with Crippen LogP contribution in [0.5, 0.6) is 5.75 Å². The molecule has 0 spiro atoms. The minimum Gasteiger partial charge on any atom is -0.493 e. The highest BCUT2D eigenvalue weighted by Gasteiger charge is 2.19. The molecule has 1 aromatic carbocycles. The lowest BCUT2D eigenvalue weighted by Gasteiger charge is -2.21. The average Bonchev–Trinajstić information content (AvgIpc) is 3.13. The Morgan fingerprint density at radius 3 is 2.93 bits per heavy atom. The molecule has 0 amide bonds. The number of hydrogen-bond donors (Lipinski definition) is 1. The molecule has 28 heavy (non-hydrogen) atoms. The third-order valence-corrected chi connectivity index (χ3v) is 4.96. The van der Waals surface area contributed by atoms with Crippen LogP contribution in [-0.2, 0) is 26.6 Å². The Morgan fingerprint density at radius 2 is 2.18 bits per heavy atom. The van der Waals surface area contributed by atoms with E-state index < -0.39 is 0 Å². The second-order valence-electron chi connectivity index (χ2n) is 6.76. The first-order valence-corrected chi connectivity index (χ1v) is 9.34. The number of ether oxygens (including phenoxy) is 1. The monoisotopic (exact) mass is 383 g/mol. The van der Waals surface area contributed by atoms with E-state index in [-0.39, 0.29) is 17.9 Å². The summed E-state index contributed by atoms with van der Waals surface area (Å²) in [4.78, 5) is 17.3. The predicted molar refractivity (Wildman–Crippen MR) is 104 cm³/mol. The molecule has 0 fully saturated rings. The van der Waals surface area contributed by atoms with Gasteiger partial charge in [0.2, 0.25) is 5.95 Å². The van der Waals surface area contributed by atoms with Gasteiger partial charge in [-0.2, -0.15) is 5.10 Å². The summed E-state index contributed by atoms with van der Waals surface area (Å²) in [6.07, 6.45) is 6.58. The zero-order valence-corrected chi connectivity index (χ0v) is 15.9. The van der Waals surface area contributed by atoms with Crippen molar-refractivity contribution in [2.24, 2.45) is 7.05 Å². The van der Waals surface area contributed by atoms with Crippen molar-refractivity contribution in [1.29, 1.82) is 0 Å². The Morgan fingerprint density at radius 1 is 1.32 bits per heavy atom. The molecule has 0 aliphatic carbocycles. The molecule has 3 aromatic rings. The lowest BCUT2D eigenvalue weighted by Crippen LogP contribution is -2.25. The quantitative estimate of drug-likeness (QED) is 0.733. The average molecular weight is 383 g/mol. The molecule has 0 atom stereocenters. The number of aryl methyl sites for hydroxylation is 1. The fourth-order valence-electron chi connectivity index (χ4n) is 3.53. The molecule has 7 nitrogen and oxygen atoms in total. The van der Waals surface area contributed by atoms with E-state index in [1.54, 1.807) is 34.8 Å². The number of nitrogens with one attached hydrogen (secondary N) is 1. The van der Waals surface area contributed by atoms with Crippen molar-refractivity contribution in [3.8, 4) is 16.9 Å². The molecule has 4 rings (SSSR count). The van der Waals surface area contributed by atoms with Gasteiger partial charge in [0.05, 0.1) is 18.4 Å². The molecule has 8 heteroatoms. The standard InChI is InChI=1S/C20H22FN5O2/c1-3-26-19(27)15(13-9-24-25(2)12-13)10-22-20(26)23-11-16-14-5-4-8-28-18(14)7-6-17(16)21/h6-7,9-10,12H,3-5,8,11H2,1-2H3,(H,22,23). The SMILES string of the molecule is CCn1c(NCc2c(F)ccc3c2CCCO3)ncc(-c2cnn(C)c2)c1=O. The van der Waals surface area contributed by atoms with Gasteiger partial charge < -0.3 is 10.1 Å². The summed E-state index contributed by atoms with van der Waals surface area (Å²) in [5, 5.41) is 7.24. The van der Waals surface area contributed by atoms with Crippen LogP contribution in [0.2, 0.25) is 0 Å². The van der Waals surface area contributed by atoms with E-state index in [0.29, 0.717) is 35.8 Å². The van der Waals surface area contributed by atoms with Crippen molar-refractivity contribution in [1.82, 2.24) is 19.3 Å². The second-order valence-corrected chi connectivity index (χ2v) is 6.76. The van der Waals surface area contributed by atoms with Gasteiger partial charge in [-0.1, -0.05) is 0 Å². The highest BCUT2D eigenvalue weighted by atomic mass is 19.1. The van der Waals surface area contributed by atoms with Crippen LogP contribution in [0.3, 0.4) is 0 Å². The summed E-state index contributed by atoms with van der Waals surface area (Å²) in [7, 11) is 1.80. The molecule has 2 aromatic heterocycles. The number of benzene rings is 1. The molecule has 1 aliphatic rings. The Hall–Kier alpha value is -3.16. The van der Waals surface area contributed by atoms with Crippen LogP contribution >= 0.6 is 0 Å². The van der Waals surface area contributed by atoms with E-state index in [9.17, 15) is 9.18 Å². The van der Waals surface area contributed by atoms with E-state index in [1.807, 2.05) is 6.92 Å². The summed E-state index contributed by atoms with van der Waals surface area (Å²) in [5.41, 5.74) is 2.49. The fourth-order valence-corrected chi connectivity index (χ4v) is 3.53. The van der Waals surface area contributed by atoms with Crippen molar-refractivity contribution in [3.63, 3.8) is 0 Å². The lowest BCUT2D eigenvalue weighted by atomic mass is 9.99. The van der Waals surface area contributed by atoms with Gasteiger partial charge in [0.15, 0.2) is 0 Å². The third kappa shape index (κ3) is 3.26. The van der Waals surface area contributed by atoms with E-state index in [4.69, 9.17) is 4.74 Å². The van der Waals surface area contributed by atoms with Gasteiger partial charge in [-0.15, -0.1) is 0 Å². The zero-order valence-electron chi connectivity index (χ0n) is 15.9. The van der Waals surface area contributed by atoms with Crippen molar-refractivity contribution in [2.45, 2.75) is 32.9 Å². The van der Waals surface area contributed by atoms with E-state index >= 15 is 0 Å². The minimum atomic E-state index is -0.283. The normalized spacial score (nSPS) is 13.1. The van der Waals surface area contributed by atoms with Gasteiger partial charge >= 0.3 is 0 Å². The molecule has 0 unspecified atom stereocenters. The number of aromatic nitrogens is 4. The number of nitrogens with zero attached hydrogens (tertiary/aromatic N) is 4. The maximum Gasteiger partial charge on any atom is 0.262 e. The Bertz CT molecular complexity index is 1070. The van der Waals surface area contributed by atoms with Crippen LogP contribution in [0.25, 0.3) is 11.1 Å². The van der Waals surface area contributed by atoms with E-state index in [0.717, 1.165) is 24.2 Å². The second kappa shape index (κ2) is 7.46. The van der Waals surface area contributed by atoms with Crippen LogP contribution in [0.15, 0.2) is 35.5 Å². The first-order valence-electron chi connectivity index (χ1n) is 9.34. The summed E-state index contributed by atoms with van der Waals surface area (Å²) in [6.45, 7) is 3.20. The van der Waals surface area contributed by atoms with Crippen molar-refractivity contribution >= 4 is 5.95 Å². The van der Waals surface area contributed by atoms with Gasteiger partial charge in [-0.25, -0.2) is 9.37 Å². The first kappa shape index (κ1) is 18.2. The lowest BCUT2D eigenvalue weighted by molar-refractivity contribution is 0.286. The third-order valence-electron chi connectivity index (χ3n) is 4.96. The van der Waals surface area contributed by atoms with Gasteiger partial charge in [0.25, 0.3) is 5.56 Å². The molecule has 0 radical (unpaired) electrons. The number of halogens is 1. The van der Waals surface area contributed by atoms with Crippen molar-refractivity contribution < 1.29 is 9.13 Å². The van der Waals surface area contributed by atoms with Crippen molar-refractivity contribution in [3.05, 3.63) is 58.0 Å². The number of hydrogen-bond acceptors (Lipinski definition) is 5. The fraction of sp³-hybridized carbons (Fsp3) is 0.350. The van der Waals surface area contributed by atoms with E-state index in [2.05, 4.69) is 15.4 Å². The molecule has 3 heterocycles. The summed E-state index contributed by atoms with van der Waals surface area (Å²) in [5.74, 6) is 0.861. The highest BCUT2D eigenvalue weighted by molar-refractivity contribution is 5.60. The molecule has 0 bridgehead atoms. The van der Waals surface area contributed by atoms with Gasteiger partial charge in [0.1, 0.15) is 11.6 Å². The van der Waals surface area contributed by atoms with Crippen LogP contribution in [0, 0.1) is 5.82 Å². The Kier molecular flexibility index (Phi) is 4.85. The summed E-state index contributed by atoms with van der Waals surface area (Å²) < 4.78 is 23.3. The van der Waals surface area contributed by atoms with E-state index in [1.165, 1.54) is 12.3 Å². The summed E-state index contributed by atoms with van der Waals surface area (Å²) >= 11 is 0. The van der Waals surface area contributed by atoms with Crippen LogP contribution in [0.1, 0.15) is 24.5 Å². The molecular formula is C20H22FN5O2. The Labute approximate surface area is 161 Å². The molecular weight excluding hydrogens is 361 g/mol. The number of fused-ring (bicyclic) bond motifs is 1. The first-order chi connectivity index (χ1) is 13.6. The van der Waals surface area contributed by atoms with Crippen LogP contribution in [0.4, 0.5) is 10.3 Å².